The maximum Gasteiger partial charge on any atom is 0.227 e. The number of anilines is 1. The average molecular weight is 281 g/mol. The van der Waals surface area contributed by atoms with Crippen molar-refractivity contribution in [1.82, 2.24) is 0 Å². The Morgan fingerprint density at radius 3 is 2.33 bits per heavy atom. The molecule has 0 bridgehead atoms. The lowest BCUT2D eigenvalue weighted by Crippen LogP contribution is -2.30. The molecule has 0 unspecified atom stereocenters. The largest absolute Gasteiger partial charge is 0.313 e. The van der Waals surface area contributed by atoms with Crippen LogP contribution >= 0.6 is 0 Å². The summed E-state index contributed by atoms with van der Waals surface area (Å²) in [7, 11) is 0. The number of carbonyl (C=O) groups is 1. The maximum atomic E-state index is 12.5. The van der Waals surface area contributed by atoms with Crippen LogP contribution in [-0.2, 0) is 11.2 Å². The summed E-state index contributed by atoms with van der Waals surface area (Å²) >= 11 is 0. The van der Waals surface area contributed by atoms with Gasteiger partial charge in [-0.3, -0.25) is 4.79 Å². The molecule has 110 valence electrons. The van der Waals surface area contributed by atoms with Gasteiger partial charge in [-0.25, -0.2) is 0 Å². The topological polar surface area (TPSA) is 20.3 Å². The van der Waals surface area contributed by atoms with Gasteiger partial charge in [0.05, 0.1) is 0 Å². The zero-order valence-corrected chi connectivity index (χ0v) is 13.1. The lowest BCUT2D eigenvalue weighted by Gasteiger charge is -2.21. The van der Waals surface area contributed by atoms with Gasteiger partial charge < -0.3 is 4.90 Å². The van der Waals surface area contributed by atoms with Gasteiger partial charge in [0.15, 0.2) is 0 Å². The van der Waals surface area contributed by atoms with Gasteiger partial charge in [-0.05, 0) is 50.5 Å². The minimum absolute atomic E-state index is 0.184. The highest BCUT2D eigenvalue weighted by molar-refractivity contribution is 5.93. The van der Waals surface area contributed by atoms with E-state index in [4.69, 9.17) is 0 Å². The molecule has 0 aliphatic heterocycles. The maximum absolute atomic E-state index is 12.5. The van der Waals surface area contributed by atoms with Gasteiger partial charge in [0.2, 0.25) is 5.91 Å². The molecule has 0 radical (unpaired) electrons. The molecule has 0 saturated carbocycles. The van der Waals surface area contributed by atoms with Crippen LogP contribution in [0.25, 0.3) is 0 Å². The first-order valence-electron chi connectivity index (χ1n) is 7.52. The third kappa shape index (κ3) is 4.19. The van der Waals surface area contributed by atoms with Crippen molar-refractivity contribution in [3.8, 4) is 0 Å². The highest BCUT2D eigenvalue weighted by Crippen LogP contribution is 2.17. The Hall–Kier alpha value is -2.09. The summed E-state index contributed by atoms with van der Waals surface area (Å²) in [5.41, 5.74) is 4.64. The SMILES string of the molecule is CCN(C(=O)CCc1ccc(C)cc1)c1cccc(C)c1. The van der Waals surface area contributed by atoms with E-state index >= 15 is 0 Å². The van der Waals surface area contributed by atoms with E-state index in [0.717, 1.165) is 12.1 Å². The van der Waals surface area contributed by atoms with E-state index < -0.39 is 0 Å². The summed E-state index contributed by atoms with van der Waals surface area (Å²) in [4.78, 5) is 14.3. The predicted octanol–water partition coefficient (Wildman–Crippen LogP) is 4.29. The molecule has 0 aliphatic carbocycles. The second-order valence-electron chi connectivity index (χ2n) is 5.46. The van der Waals surface area contributed by atoms with Crippen molar-refractivity contribution < 1.29 is 4.79 Å². The fourth-order valence-corrected chi connectivity index (χ4v) is 2.44. The standard InChI is InChI=1S/C19H23NO/c1-4-20(18-7-5-6-16(3)14-18)19(21)13-12-17-10-8-15(2)9-11-17/h5-11,14H,4,12-13H2,1-3H3. The Balaban J connectivity index is 2.02. The van der Waals surface area contributed by atoms with Crippen LogP contribution in [0.3, 0.4) is 0 Å². The monoisotopic (exact) mass is 281 g/mol. The first-order valence-corrected chi connectivity index (χ1v) is 7.52. The first kappa shape index (κ1) is 15.3. The molecule has 1 amide bonds. The van der Waals surface area contributed by atoms with Crippen molar-refractivity contribution in [2.24, 2.45) is 0 Å². The molecule has 2 heteroatoms. The van der Waals surface area contributed by atoms with Crippen molar-refractivity contribution in [3.05, 3.63) is 65.2 Å². The lowest BCUT2D eigenvalue weighted by molar-refractivity contribution is -0.118. The number of benzene rings is 2. The lowest BCUT2D eigenvalue weighted by atomic mass is 10.1. The van der Waals surface area contributed by atoms with Crippen molar-refractivity contribution in [2.45, 2.75) is 33.6 Å². The smallest absolute Gasteiger partial charge is 0.227 e. The van der Waals surface area contributed by atoms with E-state index in [9.17, 15) is 4.79 Å². The van der Waals surface area contributed by atoms with Crippen LogP contribution in [0.5, 0.6) is 0 Å². The normalized spacial score (nSPS) is 10.4. The van der Waals surface area contributed by atoms with Crippen LogP contribution in [0, 0.1) is 13.8 Å². The quantitative estimate of drug-likeness (QED) is 0.800. The Morgan fingerprint density at radius 1 is 1.00 bits per heavy atom. The summed E-state index contributed by atoms with van der Waals surface area (Å²) in [6, 6.07) is 16.5. The van der Waals surface area contributed by atoms with E-state index in [1.807, 2.05) is 36.9 Å². The minimum Gasteiger partial charge on any atom is -0.313 e. The molecule has 0 aliphatic rings. The number of nitrogens with zero attached hydrogens (tertiary/aromatic N) is 1. The molecule has 2 nitrogen and oxygen atoms in total. The molecule has 0 atom stereocenters. The number of rotatable bonds is 5. The zero-order chi connectivity index (χ0) is 15.2. The van der Waals surface area contributed by atoms with Crippen LogP contribution in [0.4, 0.5) is 5.69 Å². The molecule has 21 heavy (non-hydrogen) atoms. The van der Waals surface area contributed by atoms with Gasteiger partial charge in [0.25, 0.3) is 0 Å². The molecule has 0 aromatic heterocycles. The summed E-state index contributed by atoms with van der Waals surface area (Å²) in [5.74, 6) is 0.184. The number of hydrogen-bond donors (Lipinski definition) is 0. The summed E-state index contributed by atoms with van der Waals surface area (Å²) in [5, 5.41) is 0. The molecule has 2 aromatic carbocycles. The molecular weight excluding hydrogens is 258 g/mol. The average Bonchev–Trinajstić information content (AvgIpc) is 2.47. The molecular formula is C19H23NO. The third-order valence-corrected chi connectivity index (χ3v) is 3.68. The molecule has 0 heterocycles. The predicted molar refractivity (Wildman–Crippen MR) is 88.7 cm³/mol. The van der Waals surface area contributed by atoms with Crippen LogP contribution in [0.2, 0.25) is 0 Å². The van der Waals surface area contributed by atoms with E-state index in [-0.39, 0.29) is 5.91 Å². The van der Waals surface area contributed by atoms with Gasteiger partial charge in [-0.2, -0.15) is 0 Å². The summed E-state index contributed by atoms with van der Waals surface area (Å²) in [6.45, 7) is 6.85. The van der Waals surface area contributed by atoms with Crippen molar-refractivity contribution in [3.63, 3.8) is 0 Å². The van der Waals surface area contributed by atoms with Gasteiger partial charge in [-0.15, -0.1) is 0 Å². The molecule has 2 aromatic rings. The van der Waals surface area contributed by atoms with E-state index in [0.29, 0.717) is 13.0 Å². The fraction of sp³-hybridized carbons (Fsp3) is 0.316. The summed E-state index contributed by atoms with van der Waals surface area (Å²) < 4.78 is 0. The van der Waals surface area contributed by atoms with Crippen LogP contribution in [-0.4, -0.2) is 12.5 Å². The molecule has 0 fully saturated rings. The number of carbonyl (C=O) groups excluding carboxylic acids is 1. The molecule has 2 rings (SSSR count). The van der Waals surface area contributed by atoms with Crippen molar-refractivity contribution >= 4 is 11.6 Å². The van der Waals surface area contributed by atoms with Crippen molar-refractivity contribution in [2.75, 3.05) is 11.4 Å². The Bertz CT molecular complexity index is 601. The van der Waals surface area contributed by atoms with Gasteiger partial charge in [-0.1, -0.05) is 42.0 Å². The zero-order valence-electron chi connectivity index (χ0n) is 13.1. The van der Waals surface area contributed by atoms with Gasteiger partial charge >= 0.3 is 0 Å². The Labute approximate surface area is 127 Å². The number of hydrogen-bond acceptors (Lipinski definition) is 1. The second kappa shape index (κ2) is 7.07. The van der Waals surface area contributed by atoms with Gasteiger partial charge in [0.1, 0.15) is 0 Å². The third-order valence-electron chi connectivity index (χ3n) is 3.68. The molecule has 0 N–H and O–H groups in total. The van der Waals surface area contributed by atoms with Gasteiger partial charge in [0, 0.05) is 18.7 Å². The highest BCUT2D eigenvalue weighted by Gasteiger charge is 2.13. The van der Waals surface area contributed by atoms with Crippen LogP contribution in [0.15, 0.2) is 48.5 Å². The highest BCUT2D eigenvalue weighted by atomic mass is 16.2. The second-order valence-corrected chi connectivity index (χ2v) is 5.46. The number of aryl methyl sites for hydroxylation is 3. The van der Waals surface area contributed by atoms with Crippen molar-refractivity contribution in [1.29, 1.82) is 0 Å². The minimum atomic E-state index is 0.184. The Morgan fingerprint density at radius 2 is 1.71 bits per heavy atom. The van der Waals surface area contributed by atoms with E-state index in [1.54, 1.807) is 0 Å². The summed E-state index contributed by atoms with van der Waals surface area (Å²) in [6.07, 6.45) is 1.34. The number of amides is 1. The van der Waals surface area contributed by atoms with Crippen LogP contribution in [0.1, 0.15) is 30.0 Å². The Kier molecular flexibility index (Phi) is 5.15. The molecule has 0 saturated heterocycles. The first-order chi connectivity index (χ1) is 10.1. The fourth-order valence-electron chi connectivity index (χ4n) is 2.44. The molecule has 0 spiro atoms. The van der Waals surface area contributed by atoms with E-state index in [1.165, 1.54) is 16.7 Å². The van der Waals surface area contributed by atoms with Crippen LogP contribution < -0.4 is 4.90 Å². The van der Waals surface area contributed by atoms with E-state index in [2.05, 4.69) is 37.3 Å².